The molecule has 2 aromatic carbocycles. The van der Waals surface area contributed by atoms with Gasteiger partial charge in [-0.1, -0.05) is 49.7 Å². The summed E-state index contributed by atoms with van der Waals surface area (Å²) in [6.45, 7) is 2.87. The Kier molecular flexibility index (Phi) is 5.06. The summed E-state index contributed by atoms with van der Waals surface area (Å²) < 4.78 is 5.96. The Hall–Kier alpha value is -3.27. The fourth-order valence-corrected chi connectivity index (χ4v) is 2.94. The van der Waals surface area contributed by atoms with Gasteiger partial charge in [0.15, 0.2) is 5.82 Å². The highest BCUT2D eigenvalue weighted by atomic mass is 16.5. The number of ether oxygens (including phenoxy) is 1. The highest BCUT2D eigenvalue weighted by Crippen LogP contribution is 2.30. The predicted octanol–water partition coefficient (Wildman–Crippen LogP) is 5.54. The van der Waals surface area contributed by atoms with E-state index >= 15 is 0 Å². The molecule has 0 amide bonds. The van der Waals surface area contributed by atoms with Crippen molar-refractivity contribution in [2.75, 3.05) is 6.61 Å². The lowest BCUT2D eigenvalue weighted by Gasteiger charge is -2.11. The van der Waals surface area contributed by atoms with Crippen molar-refractivity contribution in [2.24, 2.45) is 0 Å². The molecule has 2 aromatic heterocycles. The van der Waals surface area contributed by atoms with Crippen LogP contribution in [0.3, 0.4) is 0 Å². The first-order valence-corrected chi connectivity index (χ1v) is 9.26. The fourth-order valence-electron chi connectivity index (χ4n) is 2.94. The molecule has 0 bridgehead atoms. The van der Waals surface area contributed by atoms with E-state index in [1.807, 2.05) is 72.9 Å². The largest absolute Gasteiger partial charge is 0.493 e. The van der Waals surface area contributed by atoms with E-state index in [2.05, 4.69) is 16.9 Å². The minimum absolute atomic E-state index is 0.625. The molecule has 0 spiro atoms. The Bertz CT molecular complexity index is 1060. The molecule has 0 fully saturated rings. The van der Waals surface area contributed by atoms with E-state index in [0.29, 0.717) is 12.4 Å². The van der Waals surface area contributed by atoms with Crippen LogP contribution in [0.15, 0.2) is 72.9 Å². The summed E-state index contributed by atoms with van der Waals surface area (Å²) in [5.74, 6) is 1.48. The maximum Gasteiger partial charge on any atom is 0.178 e. The minimum Gasteiger partial charge on any atom is -0.493 e. The third-order valence-electron chi connectivity index (χ3n) is 4.39. The summed E-state index contributed by atoms with van der Waals surface area (Å²) in [4.78, 5) is 14.0. The van der Waals surface area contributed by atoms with Crippen LogP contribution in [0.5, 0.6) is 5.75 Å². The first-order valence-electron chi connectivity index (χ1n) is 9.26. The minimum atomic E-state index is 0.625. The second-order valence-corrected chi connectivity index (χ2v) is 6.36. The van der Waals surface area contributed by atoms with E-state index in [1.165, 1.54) is 0 Å². The summed E-state index contributed by atoms with van der Waals surface area (Å²) in [6, 6.07) is 21.9. The molecule has 2 heterocycles. The van der Waals surface area contributed by atoms with E-state index in [9.17, 15) is 0 Å². The normalized spacial score (nSPS) is 10.9. The van der Waals surface area contributed by atoms with E-state index in [1.54, 1.807) is 0 Å². The van der Waals surface area contributed by atoms with Crippen molar-refractivity contribution in [1.82, 2.24) is 15.0 Å². The molecular formula is C23H21N3O. The molecular weight excluding hydrogens is 334 g/mol. The summed E-state index contributed by atoms with van der Waals surface area (Å²) in [5.41, 5.74) is 3.51. The third-order valence-corrected chi connectivity index (χ3v) is 4.39. The van der Waals surface area contributed by atoms with Gasteiger partial charge in [-0.25, -0.2) is 15.0 Å². The van der Waals surface area contributed by atoms with Gasteiger partial charge in [0.2, 0.25) is 0 Å². The summed E-state index contributed by atoms with van der Waals surface area (Å²) >= 11 is 0. The highest BCUT2D eigenvalue weighted by molar-refractivity contribution is 5.79. The SMILES string of the molecule is CCCCOc1ccccc1-c1cccc(-c2ncc3ccccc3n2)n1. The van der Waals surface area contributed by atoms with Gasteiger partial charge in [-0.2, -0.15) is 0 Å². The van der Waals surface area contributed by atoms with Crippen LogP contribution in [-0.2, 0) is 0 Å². The lowest BCUT2D eigenvalue weighted by atomic mass is 10.1. The average Bonchev–Trinajstić information content (AvgIpc) is 2.74. The maximum absolute atomic E-state index is 5.96. The molecule has 4 rings (SSSR count). The van der Waals surface area contributed by atoms with Gasteiger partial charge >= 0.3 is 0 Å². The Morgan fingerprint density at radius 2 is 1.63 bits per heavy atom. The number of fused-ring (bicyclic) bond motifs is 1. The number of unbranched alkanes of at least 4 members (excludes halogenated alkanes) is 1. The smallest absolute Gasteiger partial charge is 0.178 e. The van der Waals surface area contributed by atoms with Crippen LogP contribution in [0.4, 0.5) is 0 Å². The standard InChI is InChI=1S/C23H21N3O/c1-2-3-15-27-22-14-7-5-10-18(22)20-12-8-13-21(25-20)23-24-16-17-9-4-6-11-19(17)26-23/h4-14,16H,2-3,15H2,1H3. The molecule has 0 saturated heterocycles. The second kappa shape index (κ2) is 7.96. The first-order chi connectivity index (χ1) is 13.3. The lowest BCUT2D eigenvalue weighted by molar-refractivity contribution is 0.310. The van der Waals surface area contributed by atoms with Gasteiger partial charge in [-0.3, -0.25) is 0 Å². The number of pyridine rings is 1. The van der Waals surface area contributed by atoms with Gasteiger partial charge in [-0.05, 0) is 36.8 Å². The van der Waals surface area contributed by atoms with Crippen molar-refractivity contribution in [3.05, 3.63) is 72.9 Å². The van der Waals surface area contributed by atoms with Crippen LogP contribution < -0.4 is 4.74 Å². The van der Waals surface area contributed by atoms with E-state index in [4.69, 9.17) is 9.72 Å². The van der Waals surface area contributed by atoms with Gasteiger partial charge < -0.3 is 4.74 Å². The van der Waals surface area contributed by atoms with Crippen molar-refractivity contribution in [2.45, 2.75) is 19.8 Å². The summed E-state index contributed by atoms with van der Waals surface area (Å²) in [7, 11) is 0. The van der Waals surface area contributed by atoms with Crippen LogP contribution in [0.1, 0.15) is 19.8 Å². The molecule has 0 aliphatic carbocycles. The molecule has 0 saturated carbocycles. The average molecular weight is 355 g/mol. The number of para-hydroxylation sites is 2. The third kappa shape index (κ3) is 3.80. The highest BCUT2D eigenvalue weighted by Gasteiger charge is 2.10. The van der Waals surface area contributed by atoms with Crippen molar-refractivity contribution >= 4 is 10.9 Å². The Morgan fingerprint density at radius 1 is 0.815 bits per heavy atom. The number of hydrogen-bond donors (Lipinski definition) is 0. The number of rotatable bonds is 6. The maximum atomic E-state index is 5.96. The van der Waals surface area contributed by atoms with Crippen LogP contribution >= 0.6 is 0 Å². The zero-order valence-electron chi connectivity index (χ0n) is 15.3. The zero-order valence-corrected chi connectivity index (χ0v) is 15.3. The van der Waals surface area contributed by atoms with Crippen LogP contribution in [0.25, 0.3) is 33.7 Å². The molecule has 0 aliphatic heterocycles. The monoisotopic (exact) mass is 355 g/mol. The van der Waals surface area contributed by atoms with Crippen LogP contribution in [0, 0.1) is 0 Å². The molecule has 4 aromatic rings. The Labute approximate surface area is 158 Å². The number of benzene rings is 2. The van der Waals surface area contributed by atoms with Gasteiger partial charge in [0.1, 0.15) is 11.4 Å². The molecule has 27 heavy (non-hydrogen) atoms. The second-order valence-electron chi connectivity index (χ2n) is 6.36. The van der Waals surface area contributed by atoms with Gasteiger partial charge in [0.25, 0.3) is 0 Å². The molecule has 0 N–H and O–H groups in total. The van der Waals surface area contributed by atoms with Gasteiger partial charge in [0.05, 0.1) is 17.8 Å². The predicted molar refractivity (Wildman–Crippen MR) is 109 cm³/mol. The number of hydrogen-bond acceptors (Lipinski definition) is 4. The van der Waals surface area contributed by atoms with E-state index < -0.39 is 0 Å². The van der Waals surface area contributed by atoms with Crippen molar-refractivity contribution < 1.29 is 4.74 Å². The molecule has 0 unspecified atom stereocenters. The van der Waals surface area contributed by atoms with E-state index in [0.717, 1.165) is 46.4 Å². The number of aromatic nitrogens is 3. The molecule has 0 radical (unpaired) electrons. The molecule has 134 valence electrons. The summed E-state index contributed by atoms with van der Waals surface area (Å²) in [6.07, 6.45) is 3.98. The zero-order chi connectivity index (χ0) is 18.5. The Morgan fingerprint density at radius 3 is 2.56 bits per heavy atom. The quantitative estimate of drug-likeness (QED) is 0.426. The lowest BCUT2D eigenvalue weighted by Crippen LogP contribution is -1.99. The van der Waals surface area contributed by atoms with Crippen molar-refractivity contribution in [1.29, 1.82) is 0 Å². The van der Waals surface area contributed by atoms with Crippen LogP contribution in [0.2, 0.25) is 0 Å². The van der Waals surface area contributed by atoms with Gasteiger partial charge in [0, 0.05) is 17.1 Å². The topological polar surface area (TPSA) is 47.9 Å². The molecule has 0 aliphatic rings. The number of nitrogens with zero attached hydrogens (tertiary/aromatic N) is 3. The van der Waals surface area contributed by atoms with Crippen LogP contribution in [-0.4, -0.2) is 21.6 Å². The van der Waals surface area contributed by atoms with E-state index in [-0.39, 0.29) is 0 Å². The fraction of sp³-hybridized carbons (Fsp3) is 0.174. The summed E-state index contributed by atoms with van der Waals surface area (Å²) in [5, 5.41) is 1.02. The molecule has 0 atom stereocenters. The molecule has 4 nitrogen and oxygen atoms in total. The Balaban J connectivity index is 1.70. The van der Waals surface area contributed by atoms with Crippen molar-refractivity contribution in [3.63, 3.8) is 0 Å². The van der Waals surface area contributed by atoms with Crippen molar-refractivity contribution in [3.8, 4) is 28.5 Å². The first kappa shape index (κ1) is 17.2. The van der Waals surface area contributed by atoms with Gasteiger partial charge in [-0.15, -0.1) is 0 Å². The molecule has 4 heteroatoms.